The Morgan fingerprint density at radius 1 is 0.367 bits per heavy atom. The molecular weight excluding hydrogens is 745 g/mol. The molecule has 0 aliphatic heterocycles. The number of hydrogen-bond donors (Lipinski definition) is 0. The summed E-state index contributed by atoms with van der Waals surface area (Å²) in [6.07, 6.45) is 61.5. The summed E-state index contributed by atoms with van der Waals surface area (Å²) in [5, 5.41) is 0. The third kappa shape index (κ3) is 45.7. The van der Waals surface area contributed by atoms with Gasteiger partial charge in [-0.1, -0.05) is 215 Å². The third-order valence-electron chi connectivity index (χ3n) is 10.2. The van der Waals surface area contributed by atoms with Crippen molar-refractivity contribution in [3.8, 4) is 0 Å². The highest BCUT2D eigenvalue weighted by atomic mass is 16.6. The Morgan fingerprint density at radius 2 is 0.750 bits per heavy atom. The van der Waals surface area contributed by atoms with Gasteiger partial charge in [-0.2, -0.15) is 0 Å². The van der Waals surface area contributed by atoms with Crippen LogP contribution in [0.2, 0.25) is 0 Å². The maximum Gasteiger partial charge on any atom is 0.306 e. The Bertz CT molecular complexity index is 1190. The predicted octanol–water partition coefficient (Wildman–Crippen LogP) is 16.0. The van der Waals surface area contributed by atoms with Gasteiger partial charge in [0.15, 0.2) is 6.10 Å². The van der Waals surface area contributed by atoms with Crippen LogP contribution in [0.1, 0.15) is 220 Å². The summed E-state index contributed by atoms with van der Waals surface area (Å²) >= 11 is 0. The molecule has 0 fully saturated rings. The van der Waals surface area contributed by atoms with Crippen LogP contribution in [0.4, 0.5) is 0 Å². The minimum atomic E-state index is -0.814. The van der Waals surface area contributed by atoms with Crippen molar-refractivity contribution >= 4 is 17.9 Å². The fraction of sp³-hybridized carbons (Fsp3) is 0.685. The van der Waals surface area contributed by atoms with Crippen LogP contribution in [-0.2, 0) is 28.6 Å². The molecule has 1 unspecified atom stereocenters. The van der Waals surface area contributed by atoms with E-state index in [0.717, 1.165) is 83.5 Å². The van der Waals surface area contributed by atoms with Crippen molar-refractivity contribution in [1.82, 2.24) is 0 Å². The molecule has 0 saturated carbocycles. The van der Waals surface area contributed by atoms with Crippen LogP contribution in [0.5, 0.6) is 0 Å². The van der Waals surface area contributed by atoms with E-state index in [4.69, 9.17) is 14.2 Å². The fourth-order valence-electron chi connectivity index (χ4n) is 6.47. The zero-order chi connectivity index (χ0) is 43.7. The monoisotopic (exact) mass is 835 g/mol. The number of carbonyl (C=O) groups excluding carboxylic acids is 3. The Morgan fingerprint density at radius 3 is 1.23 bits per heavy atom. The van der Waals surface area contributed by atoms with E-state index in [0.29, 0.717) is 19.3 Å². The molecule has 6 nitrogen and oxygen atoms in total. The molecule has 0 radical (unpaired) electrons. The van der Waals surface area contributed by atoms with Crippen LogP contribution in [0.15, 0.2) is 85.1 Å². The summed E-state index contributed by atoms with van der Waals surface area (Å²) in [5.74, 6) is -1.03. The van der Waals surface area contributed by atoms with Gasteiger partial charge in [-0.25, -0.2) is 0 Å². The average molecular weight is 835 g/mol. The molecular formula is C54H90O6. The second-order valence-electron chi connectivity index (χ2n) is 16.0. The lowest BCUT2D eigenvalue weighted by Crippen LogP contribution is -2.30. The normalized spacial score (nSPS) is 12.8. The molecule has 0 saturated heterocycles. The van der Waals surface area contributed by atoms with Crippen LogP contribution in [0, 0.1) is 0 Å². The number of unbranched alkanes of at least 4 members (excludes halogenated alkanes) is 19. The Hall–Kier alpha value is -3.41. The minimum Gasteiger partial charge on any atom is -0.462 e. The van der Waals surface area contributed by atoms with Crippen molar-refractivity contribution in [2.75, 3.05) is 13.2 Å². The molecule has 0 heterocycles. The van der Waals surface area contributed by atoms with Crippen molar-refractivity contribution < 1.29 is 28.6 Å². The molecule has 0 N–H and O–H groups in total. The molecule has 0 rings (SSSR count). The van der Waals surface area contributed by atoms with Gasteiger partial charge < -0.3 is 14.2 Å². The zero-order valence-electron chi connectivity index (χ0n) is 38.9. The van der Waals surface area contributed by atoms with Crippen molar-refractivity contribution in [2.45, 2.75) is 226 Å². The third-order valence-corrected chi connectivity index (χ3v) is 10.2. The fourth-order valence-corrected chi connectivity index (χ4v) is 6.47. The van der Waals surface area contributed by atoms with E-state index in [1.807, 2.05) is 12.2 Å². The molecule has 0 bridgehead atoms. The lowest BCUT2D eigenvalue weighted by atomic mass is 10.0. The van der Waals surface area contributed by atoms with Gasteiger partial charge in [0.25, 0.3) is 0 Å². The Balaban J connectivity index is 4.51. The standard InChI is InChI=1S/C54H90O6/c1-4-7-10-13-16-19-22-24-26-28-29-32-35-38-41-44-47-53(56)59-50-51(49-58-52(55)46-43-40-37-34-31-21-18-15-12-9-6-3)60-54(57)48-45-42-39-36-33-30-27-25-23-20-17-14-11-8-5-2/h7,10,15-16,18-19,21,24,26,29,31-32,38,41,51H,4-6,8-9,11-14,17,20,22-23,25,27-28,30,33-37,39-40,42-50H2,1-3H3/b10-7-,18-15-,19-16-,26-24-,31-21-,32-29-,41-38-. The van der Waals surface area contributed by atoms with E-state index in [9.17, 15) is 14.4 Å². The zero-order valence-corrected chi connectivity index (χ0v) is 38.9. The van der Waals surface area contributed by atoms with Crippen LogP contribution < -0.4 is 0 Å². The number of hydrogen-bond acceptors (Lipinski definition) is 6. The molecule has 0 aromatic heterocycles. The molecule has 0 aromatic rings. The first kappa shape index (κ1) is 56.6. The highest BCUT2D eigenvalue weighted by molar-refractivity contribution is 5.71. The van der Waals surface area contributed by atoms with Gasteiger partial charge in [0.05, 0.1) is 0 Å². The van der Waals surface area contributed by atoms with Crippen LogP contribution in [0.25, 0.3) is 0 Å². The predicted molar refractivity (Wildman–Crippen MR) is 256 cm³/mol. The van der Waals surface area contributed by atoms with Gasteiger partial charge in [-0.3, -0.25) is 14.4 Å². The largest absolute Gasteiger partial charge is 0.462 e. The number of allylic oxidation sites excluding steroid dienone is 14. The van der Waals surface area contributed by atoms with E-state index in [2.05, 4.69) is 93.7 Å². The second kappa shape index (κ2) is 48.3. The molecule has 0 amide bonds. The summed E-state index contributed by atoms with van der Waals surface area (Å²) in [4.78, 5) is 37.8. The van der Waals surface area contributed by atoms with E-state index in [1.54, 1.807) is 0 Å². The first-order chi connectivity index (χ1) is 29.5. The smallest absolute Gasteiger partial charge is 0.306 e. The SMILES string of the molecule is CC/C=C\C/C=C\C/C=C\C/C=C\C/C=C\CCC(=O)OCC(COC(=O)CCCCC/C=C\C=C/CCCC)OC(=O)CCCCCCCCCCCCCCCCC. The average Bonchev–Trinajstić information content (AvgIpc) is 3.24. The lowest BCUT2D eigenvalue weighted by molar-refractivity contribution is -0.166. The number of carbonyl (C=O) groups is 3. The van der Waals surface area contributed by atoms with Crippen LogP contribution in [0.3, 0.4) is 0 Å². The van der Waals surface area contributed by atoms with E-state index >= 15 is 0 Å². The second-order valence-corrected chi connectivity index (χ2v) is 16.0. The van der Waals surface area contributed by atoms with E-state index in [1.165, 1.54) is 89.9 Å². The van der Waals surface area contributed by atoms with Crippen molar-refractivity contribution in [2.24, 2.45) is 0 Å². The molecule has 0 aliphatic rings. The summed E-state index contributed by atoms with van der Waals surface area (Å²) in [6.45, 7) is 6.37. The maximum atomic E-state index is 12.8. The molecule has 60 heavy (non-hydrogen) atoms. The first-order valence-electron chi connectivity index (χ1n) is 24.6. The van der Waals surface area contributed by atoms with E-state index < -0.39 is 6.10 Å². The number of esters is 3. The quantitative estimate of drug-likeness (QED) is 0.0200. The van der Waals surface area contributed by atoms with Gasteiger partial charge in [0.2, 0.25) is 0 Å². The van der Waals surface area contributed by atoms with Crippen molar-refractivity contribution in [1.29, 1.82) is 0 Å². The molecule has 0 aliphatic carbocycles. The summed E-state index contributed by atoms with van der Waals surface area (Å²) < 4.78 is 16.7. The van der Waals surface area contributed by atoms with Crippen LogP contribution >= 0.6 is 0 Å². The van der Waals surface area contributed by atoms with Gasteiger partial charge in [0, 0.05) is 19.3 Å². The van der Waals surface area contributed by atoms with Gasteiger partial charge >= 0.3 is 17.9 Å². The van der Waals surface area contributed by atoms with Crippen molar-refractivity contribution in [3.05, 3.63) is 85.1 Å². The molecule has 0 spiro atoms. The Labute approximate surface area is 369 Å². The highest BCUT2D eigenvalue weighted by Crippen LogP contribution is 2.15. The first-order valence-corrected chi connectivity index (χ1v) is 24.6. The highest BCUT2D eigenvalue weighted by Gasteiger charge is 2.19. The van der Waals surface area contributed by atoms with Crippen molar-refractivity contribution in [3.63, 3.8) is 0 Å². The molecule has 1 atom stereocenters. The maximum absolute atomic E-state index is 12.8. The minimum absolute atomic E-state index is 0.113. The van der Waals surface area contributed by atoms with Crippen LogP contribution in [-0.4, -0.2) is 37.2 Å². The molecule has 0 aromatic carbocycles. The Kier molecular flexibility index (Phi) is 45.5. The molecule has 342 valence electrons. The van der Waals surface area contributed by atoms with Gasteiger partial charge in [-0.05, 0) is 70.6 Å². The lowest BCUT2D eigenvalue weighted by Gasteiger charge is -2.18. The summed E-state index contributed by atoms with van der Waals surface area (Å²) in [5.41, 5.74) is 0. The number of ether oxygens (including phenoxy) is 3. The summed E-state index contributed by atoms with van der Waals surface area (Å²) in [7, 11) is 0. The summed E-state index contributed by atoms with van der Waals surface area (Å²) in [6, 6.07) is 0. The van der Waals surface area contributed by atoms with E-state index in [-0.39, 0.29) is 37.5 Å². The molecule has 6 heteroatoms. The van der Waals surface area contributed by atoms with Gasteiger partial charge in [0.1, 0.15) is 13.2 Å². The number of rotatable bonds is 43. The van der Waals surface area contributed by atoms with Gasteiger partial charge in [-0.15, -0.1) is 0 Å². The topological polar surface area (TPSA) is 78.9 Å².